The number of hydrogen-bond donors (Lipinski definition) is 1. The topological polar surface area (TPSA) is 58.6 Å². The molecule has 5 nitrogen and oxygen atoms in total. The molecule has 1 aliphatic heterocycles. The molecule has 0 radical (unpaired) electrons. The van der Waals surface area contributed by atoms with Crippen molar-refractivity contribution in [3.63, 3.8) is 0 Å². The van der Waals surface area contributed by atoms with Gasteiger partial charge in [0.1, 0.15) is 12.6 Å². The highest BCUT2D eigenvalue weighted by molar-refractivity contribution is 5.86. The summed E-state index contributed by atoms with van der Waals surface area (Å²) in [7, 11) is 1.75. The van der Waals surface area contributed by atoms with Gasteiger partial charge in [-0.1, -0.05) is 72.8 Å². The van der Waals surface area contributed by atoms with Gasteiger partial charge in [0.15, 0.2) is 0 Å². The van der Waals surface area contributed by atoms with E-state index in [1.807, 2.05) is 72.8 Å². The van der Waals surface area contributed by atoms with E-state index in [1.165, 1.54) is 0 Å². The summed E-state index contributed by atoms with van der Waals surface area (Å²) in [4.78, 5) is 26.5. The average molecular weight is 350 g/mol. The zero-order valence-corrected chi connectivity index (χ0v) is 14.7. The van der Waals surface area contributed by atoms with Gasteiger partial charge in [0.2, 0.25) is 5.91 Å². The molecule has 1 N–H and O–H groups in total. The molecule has 5 heteroatoms. The molecule has 1 unspecified atom stereocenters. The molecule has 0 aliphatic carbocycles. The summed E-state index contributed by atoms with van der Waals surface area (Å²) in [6, 6.07) is 18.5. The lowest BCUT2D eigenvalue weighted by molar-refractivity contribution is -0.133. The Morgan fingerprint density at radius 2 is 1.77 bits per heavy atom. The predicted octanol–water partition coefficient (Wildman–Crippen LogP) is 3.44. The van der Waals surface area contributed by atoms with E-state index < -0.39 is 12.1 Å². The van der Waals surface area contributed by atoms with Crippen LogP contribution in [0.5, 0.6) is 0 Å². The van der Waals surface area contributed by atoms with E-state index in [-0.39, 0.29) is 18.6 Å². The van der Waals surface area contributed by atoms with Crippen LogP contribution in [0, 0.1) is 0 Å². The first-order chi connectivity index (χ1) is 12.6. The summed E-state index contributed by atoms with van der Waals surface area (Å²) in [6.45, 7) is 0.173. The normalized spacial score (nSPS) is 19.7. The SMILES string of the molecule is CN1C(=O)C(NC(=O)OCc2ccccc2)CC=C[C@@H]1c1ccccc1. The number of nitrogens with zero attached hydrogens (tertiary/aromatic N) is 1. The Morgan fingerprint density at radius 3 is 2.46 bits per heavy atom. The van der Waals surface area contributed by atoms with Gasteiger partial charge in [-0.05, 0) is 17.5 Å². The molecule has 134 valence electrons. The third-order valence-electron chi connectivity index (χ3n) is 4.40. The lowest BCUT2D eigenvalue weighted by Gasteiger charge is -2.27. The minimum atomic E-state index is -0.631. The van der Waals surface area contributed by atoms with Crippen molar-refractivity contribution in [2.45, 2.75) is 25.1 Å². The molecule has 0 fully saturated rings. The van der Waals surface area contributed by atoms with Crippen LogP contribution in [0.1, 0.15) is 23.6 Å². The fourth-order valence-electron chi connectivity index (χ4n) is 2.97. The summed E-state index contributed by atoms with van der Waals surface area (Å²) < 4.78 is 5.22. The number of hydrogen-bond acceptors (Lipinski definition) is 3. The van der Waals surface area contributed by atoms with Crippen LogP contribution in [0.15, 0.2) is 72.8 Å². The number of carbonyl (C=O) groups is 2. The molecule has 0 saturated heterocycles. The highest BCUT2D eigenvalue weighted by atomic mass is 16.5. The van der Waals surface area contributed by atoms with E-state index in [0.29, 0.717) is 6.42 Å². The van der Waals surface area contributed by atoms with E-state index in [1.54, 1.807) is 11.9 Å². The van der Waals surface area contributed by atoms with Crippen LogP contribution >= 0.6 is 0 Å². The monoisotopic (exact) mass is 350 g/mol. The third kappa shape index (κ3) is 4.30. The largest absolute Gasteiger partial charge is 0.445 e. The van der Waals surface area contributed by atoms with Gasteiger partial charge in [-0.2, -0.15) is 0 Å². The summed E-state index contributed by atoms with van der Waals surface area (Å²) in [5.74, 6) is -0.138. The Morgan fingerprint density at radius 1 is 1.12 bits per heavy atom. The van der Waals surface area contributed by atoms with Crippen LogP contribution in [0.2, 0.25) is 0 Å². The van der Waals surface area contributed by atoms with Gasteiger partial charge in [0, 0.05) is 7.05 Å². The zero-order valence-electron chi connectivity index (χ0n) is 14.7. The molecule has 0 bridgehead atoms. The molecule has 0 saturated carbocycles. The standard InChI is InChI=1S/C21H22N2O3/c1-23-19(17-11-6-3-7-12-17)14-8-13-18(20(23)24)22-21(25)26-15-16-9-4-2-5-10-16/h2-12,14,18-19H,13,15H2,1H3,(H,22,25)/t18?,19-/m1/s1. The Labute approximate surface area is 153 Å². The van der Waals surface area contributed by atoms with Crippen LogP contribution in [0.4, 0.5) is 4.79 Å². The van der Waals surface area contributed by atoms with Crippen molar-refractivity contribution in [1.82, 2.24) is 10.2 Å². The fraction of sp³-hybridized carbons (Fsp3) is 0.238. The maximum absolute atomic E-state index is 12.8. The fourth-order valence-corrected chi connectivity index (χ4v) is 2.97. The molecular formula is C21H22N2O3. The van der Waals surface area contributed by atoms with E-state index in [4.69, 9.17) is 4.74 Å². The number of likely N-dealkylation sites (N-methyl/N-ethyl adjacent to an activating group) is 1. The number of ether oxygens (including phenoxy) is 1. The maximum atomic E-state index is 12.8. The van der Waals surface area contributed by atoms with Crippen LogP contribution in [-0.4, -0.2) is 30.0 Å². The Hall–Kier alpha value is -3.08. The van der Waals surface area contributed by atoms with Gasteiger partial charge in [0.05, 0.1) is 6.04 Å². The average Bonchev–Trinajstić information content (AvgIpc) is 2.81. The Bertz CT molecular complexity index is 774. The number of nitrogens with one attached hydrogen (secondary N) is 1. The number of alkyl carbamates (subject to hydrolysis) is 1. The van der Waals surface area contributed by atoms with Crippen LogP contribution < -0.4 is 5.32 Å². The second-order valence-corrected chi connectivity index (χ2v) is 6.23. The highest BCUT2D eigenvalue weighted by Gasteiger charge is 2.30. The Balaban J connectivity index is 1.60. The van der Waals surface area contributed by atoms with E-state index in [9.17, 15) is 9.59 Å². The predicted molar refractivity (Wildman–Crippen MR) is 99.3 cm³/mol. The zero-order chi connectivity index (χ0) is 18.4. The summed E-state index contributed by atoms with van der Waals surface area (Å²) in [5, 5.41) is 2.68. The quantitative estimate of drug-likeness (QED) is 0.860. The van der Waals surface area contributed by atoms with E-state index in [2.05, 4.69) is 5.32 Å². The first kappa shape index (κ1) is 17.7. The highest BCUT2D eigenvalue weighted by Crippen LogP contribution is 2.24. The number of rotatable bonds is 4. The minimum Gasteiger partial charge on any atom is -0.445 e. The van der Waals surface area contributed by atoms with E-state index in [0.717, 1.165) is 11.1 Å². The number of carbonyl (C=O) groups excluding carboxylic acids is 2. The van der Waals surface area contributed by atoms with Crippen molar-refractivity contribution in [2.24, 2.45) is 0 Å². The van der Waals surface area contributed by atoms with Crippen molar-refractivity contribution in [1.29, 1.82) is 0 Å². The summed E-state index contributed by atoms with van der Waals surface area (Å²) >= 11 is 0. The van der Waals surface area contributed by atoms with Gasteiger partial charge < -0.3 is 15.0 Å². The van der Waals surface area contributed by atoms with Crippen molar-refractivity contribution in [3.05, 3.63) is 83.9 Å². The molecule has 2 atom stereocenters. The van der Waals surface area contributed by atoms with Gasteiger partial charge in [-0.3, -0.25) is 4.79 Å². The molecule has 2 aromatic carbocycles. The van der Waals surface area contributed by atoms with Gasteiger partial charge in [-0.25, -0.2) is 4.79 Å². The van der Waals surface area contributed by atoms with Crippen molar-refractivity contribution < 1.29 is 14.3 Å². The van der Waals surface area contributed by atoms with Crippen LogP contribution in [-0.2, 0) is 16.1 Å². The van der Waals surface area contributed by atoms with Crippen LogP contribution in [0.3, 0.4) is 0 Å². The smallest absolute Gasteiger partial charge is 0.408 e. The molecular weight excluding hydrogens is 328 g/mol. The number of amides is 2. The molecule has 2 amide bonds. The molecule has 0 aromatic heterocycles. The molecule has 2 aromatic rings. The summed E-state index contributed by atoms with van der Waals surface area (Å²) in [6.07, 6.45) is 3.77. The van der Waals surface area contributed by atoms with E-state index >= 15 is 0 Å². The lowest BCUT2D eigenvalue weighted by Crippen LogP contribution is -2.47. The second kappa shape index (κ2) is 8.34. The number of benzene rings is 2. The van der Waals surface area contributed by atoms with Crippen molar-refractivity contribution in [3.8, 4) is 0 Å². The van der Waals surface area contributed by atoms with Crippen molar-refractivity contribution in [2.75, 3.05) is 7.05 Å². The lowest BCUT2D eigenvalue weighted by atomic mass is 10.1. The molecule has 26 heavy (non-hydrogen) atoms. The van der Waals surface area contributed by atoms with Crippen molar-refractivity contribution >= 4 is 12.0 Å². The Kier molecular flexibility index (Phi) is 5.69. The van der Waals surface area contributed by atoms with Crippen LogP contribution in [0.25, 0.3) is 0 Å². The molecule has 1 heterocycles. The molecule has 3 rings (SSSR count). The molecule has 1 aliphatic rings. The third-order valence-corrected chi connectivity index (χ3v) is 4.40. The first-order valence-electron chi connectivity index (χ1n) is 8.60. The minimum absolute atomic E-state index is 0.138. The second-order valence-electron chi connectivity index (χ2n) is 6.23. The van der Waals surface area contributed by atoms with Gasteiger partial charge in [0.25, 0.3) is 0 Å². The first-order valence-corrected chi connectivity index (χ1v) is 8.60. The van der Waals surface area contributed by atoms with Gasteiger partial charge >= 0.3 is 6.09 Å². The maximum Gasteiger partial charge on any atom is 0.408 e. The molecule has 0 spiro atoms. The van der Waals surface area contributed by atoms with Gasteiger partial charge in [-0.15, -0.1) is 0 Å². The summed E-state index contributed by atoms with van der Waals surface area (Å²) in [5.41, 5.74) is 1.93.